The largest absolute Gasteiger partial charge is 0.460 e. The zero-order valence-corrected chi connectivity index (χ0v) is 15.2. The molecule has 0 aliphatic carbocycles. The molecule has 2 aliphatic rings. The second-order valence-corrected chi connectivity index (χ2v) is 7.28. The second kappa shape index (κ2) is 7.73. The fourth-order valence-corrected chi connectivity index (χ4v) is 4.14. The molecule has 4 heteroatoms. The SMILES string of the molecule is CCN1CCN([C@H]2CCN(Cc3ccc(-c4ccccc4)o3)C2)CC1. The Hall–Kier alpha value is -1.62. The molecule has 3 heterocycles. The normalized spacial score (nSPS) is 23.3. The number of likely N-dealkylation sites (tertiary alicyclic amines) is 1. The third-order valence-corrected chi connectivity index (χ3v) is 5.72. The van der Waals surface area contributed by atoms with E-state index in [2.05, 4.69) is 58.0 Å². The molecular formula is C21H29N3O. The molecule has 1 atom stereocenters. The van der Waals surface area contributed by atoms with Crippen LogP contribution in [0.1, 0.15) is 19.1 Å². The van der Waals surface area contributed by atoms with Crippen LogP contribution in [-0.4, -0.2) is 66.6 Å². The van der Waals surface area contributed by atoms with E-state index in [1.165, 1.54) is 52.2 Å². The summed E-state index contributed by atoms with van der Waals surface area (Å²) < 4.78 is 6.08. The zero-order chi connectivity index (χ0) is 17.1. The summed E-state index contributed by atoms with van der Waals surface area (Å²) in [5.41, 5.74) is 1.15. The van der Waals surface area contributed by atoms with Gasteiger partial charge in [-0.15, -0.1) is 0 Å². The molecule has 0 radical (unpaired) electrons. The van der Waals surface area contributed by atoms with Crippen LogP contribution in [0.3, 0.4) is 0 Å². The summed E-state index contributed by atoms with van der Waals surface area (Å²) in [7, 11) is 0. The van der Waals surface area contributed by atoms with Gasteiger partial charge in [-0.1, -0.05) is 37.3 Å². The molecule has 2 aromatic rings. The van der Waals surface area contributed by atoms with Gasteiger partial charge in [0.05, 0.1) is 6.54 Å². The molecule has 0 spiro atoms. The van der Waals surface area contributed by atoms with E-state index >= 15 is 0 Å². The Kier molecular flexibility index (Phi) is 5.20. The lowest BCUT2D eigenvalue weighted by Gasteiger charge is -2.37. The number of hydrogen-bond acceptors (Lipinski definition) is 4. The van der Waals surface area contributed by atoms with Crippen molar-refractivity contribution in [3.63, 3.8) is 0 Å². The average Bonchev–Trinajstić information content (AvgIpc) is 3.33. The van der Waals surface area contributed by atoms with Crippen molar-refractivity contribution in [1.82, 2.24) is 14.7 Å². The number of likely N-dealkylation sites (N-methyl/N-ethyl adjacent to an activating group) is 1. The number of hydrogen-bond donors (Lipinski definition) is 0. The van der Waals surface area contributed by atoms with Gasteiger partial charge in [-0.05, 0) is 25.1 Å². The Morgan fingerprint density at radius 1 is 0.920 bits per heavy atom. The van der Waals surface area contributed by atoms with Crippen LogP contribution < -0.4 is 0 Å². The minimum absolute atomic E-state index is 0.725. The van der Waals surface area contributed by atoms with Crippen molar-refractivity contribution in [3.8, 4) is 11.3 Å². The van der Waals surface area contributed by atoms with Crippen molar-refractivity contribution < 1.29 is 4.42 Å². The maximum atomic E-state index is 6.08. The predicted octanol–water partition coefficient (Wildman–Crippen LogP) is 3.16. The van der Waals surface area contributed by atoms with E-state index in [9.17, 15) is 0 Å². The Balaban J connectivity index is 1.31. The molecule has 134 valence electrons. The molecule has 2 aliphatic heterocycles. The summed E-state index contributed by atoms with van der Waals surface area (Å²) in [5, 5.41) is 0. The van der Waals surface area contributed by atoms with Crippen LogP contribution in [0.4, 0.5) is 0 Å². The minimum atomic E-state index is 0.725. The number of furan rings is 1. The van der Waals surface area contributed by atoms with Crippen LogP contribution >= 0.6 is 0 Å². The van der Waals surface area contributed by atoms with Gasteiger partial charge in [0.1, 0.15) is 11.5 Å². The molecule has 0 unspecified atom stereocenters. The smallest absolute Gasteiger partial charge is 0.134 e. The van der Waals surface area contributed by atoms with Gasteiger partial charge in [0.25, 0.3) is 0 Å². The fraction of sp³-hybridized carbons (Fsp3) is 0.524. The summed E-state index contributed by atoms with van der Waals surface area (Å²) in [4.78, 5) is 7.80. The van der Waals surface area contributed by atoms with E-state index in [0.717, 1.165) is 29.7 Å². The summed E-state index contributed by atoms with van der Waals surface area (Å²) in [6.07, 6.45) is 1.29. The lowest BCUT2D eigenvalue weighted by molar-refractivity contribution is 0.100. The monoisotopic (exact) mass is 339 g/mol. The van der Waals surface area contributed by atoms with Crippen LogP contribution in [-0.2, 0) is 6.54 Å². The van der Waals surface area contributed by atoms with E-state index in [-0.39, 0.29) is 0 Å². The highest BCUT2D eigenvalue weighted by molar-refractivity contribution is 5.57. The molecule has 25 heavy (non-hydrogen) atoms. The van der Waals surface area contributed by atoms with Gasteiger partial charge in [-0.25, -0.2) is 0 Å². The first kappa shape index (κ1) is 16.8. The molecule has 0 saturated carbocycles. The highest BCUT2D eigenvalue weighted by Gasteiger charge is 2.30. The van der Waals surface area contributed by atoms with E-state index in [0.29, 0.717) is 0 Å². The lowest BCUT2D eigenvalue weighted by atomic mass is 10.2. The van der Waals surface area contributed by atoms with Crippen molar-refractivity contribution in [1.29, 1.82) is 0 Å². The third kappa shape index (κ3) is 3.97. The van der Waals surface area contributed by atoms with Gasteiger partial charge in [0.15, 0.2) is 0 Å². The van der Waals surface area contributed by atoms with Crippen LogP contribution in [0.2, 0.25) is 0 Å². The van der Waals surface area contributed by atoms with Crippen LogP contribution in [0.5, 0.6) is 0 Å². The maximum Gasteiger partial charge on any atom is 0.134 e. The lowest BCUT2D eigenvalue weighted by Crippen LogP contribution is -2.50. The first-order valence-corrected chi connectivity index (χ1v) is 9.64. The molecule has 2 fully saturated rings. The average molecular weight is 339 g/mol. The van der Waals surface area contributed by atoms with Gasteiger partial charge >= 0.3 is 0 Å². The van der Waals surface area contributed by atoms with Crippen LogP contribution in [0.15, 0.2) is 46.9 Å². The molecule has 4 nitrogen and oxygen atoms in total. The maximum absolute atomic E-state index is 6.08. The van der Waals surface area contributed by atoms with Gasteiger partial charge < -0.3 is 9.32 Å². The van der Waals surface area contributed by atoms with Crippen molar-refractivity contribution in [2.45, 2.75) is 25.9 Å². The van der Waals surface area contributed by atoms with E-state index < -0.39 is 0 Å². The first-order chi connectivity index (χ1) is 12.3. The van der Waals surface area contributed by atoms with Crippen molar-refractivity contribution in [2.24, 2.45) is 0 Å². The van der Waals surface area contributed by atoms with Gasteiger partial charge in [-0.3, -0.25) is 9.80 Å². The fourth-order valence-electron chi connectivity index (χ4n) is 4.14. The van der Waals surface area contributed by atoms with Crippen molar-refractivity contribution >= 4 is 0 Å². The third-order valence-electron chi connectivity index (χ3n) is 5.72. The number of nitrogens with zero attached hydrogens (tertiary/aromatic N) is 3. The Morgan fingerprint density at radius 3 is 2.48 bits per heavy atom. The highest BCUT2D eigenvalue weighted by atomic mass is 16.3. The van der Waals surface area contributed by atoms with Crippen molar-refractivity contribution in [3.05, 3.63) is 48.2 Å². The Labute approximate surface area is 151 Å². The molecule has 0 amide bonds. The summed E-state index contributed by atoms with van der Waals surface area (Å²) in [5.74, 6) is 2.05. The van der Waals surface area contributed by atoms with E-state index in [4.69, 9.17) is 4.42 Å². The number of piperazine rings is 1. The van der Waals surface area contributed by atoms with E-state index in [1.54, 1.807) is 0 Å². The Bertz CT molecular complexity index is 661. The van der Waals surface area contributed by atoms with E-state index in [1.807, 2.05) is 6.07 Å². The van der Waals surface area contributed by atoms with Crippen LogP contribution in [0, 0.1) is 0 Å². The number of benzene rings is 1. The molecule has 4 rings (SSSR count). The summed E-state index contributed by atoms with van der Waals surface area (Å²) in [6, 6.07) is 15.3. The first-order valence-electron chi connectivity index (χ1n) is 9.64. The van der Waals surface area contributed by atoms with Gasteiger partial charge in [-0.2, -0.15) is 0 Å². The summed E-state index contributed by atoms with van der Waals surface area (Å²) >= 11 is 0. The van der Waals surface area contributed by atoms with Gasteiger partial charge in [0, 0.05) is 50.9 Å². The Morgan fingerprint density at radius 2 is 1.72 bits per heavy atom. The molecule has 1 aromatic heterocycles. The topological polar surface area (TPSA) is 22.9 Å². The minimum Gasteiger partial charge on any atom is -0.460 e. The molecule has 0 N–H and O–H groups in total. The molecule has 2 saturated heterocycles. The zero-order valence-electron chi connectivity index (χ0n) is 15.2. The second-order valence-electron chi connectivity index (χ2n) is 7.28. The van der Waals surface area contributed by atoms with Crippen molar-refractivity contribution in [2.75, 3.05) is 45.8 Å². The van der Waals surface area contributed by atoms with Gasteiger partial charge in [0.2, 0.25) is 0 Å². The quantitative estimate of drug-likeness (QED) is 0.835. The highest BCUT2D eigenvalue weighted by Crippen LogP contribution is 2.24. The standard InChI is InChI=1S/C21H29N3O/c1-2-22-12-14-24(15-13-22)19-10-11-23(16-19)17-20-8-9-21(25-20)18-6-4-3-5-7-18/h3-9,19H,2,10-17H2,1H3/t19-/m0/s1. The number of rotatable bonds is 5. The van der Waals surface area contributed by atoms with Crippen LogP contribution in [0.25, 0.3) is 11.3 Å². The molecule has 1 aromatic carbocycles. The summed E-state index contributed by atoms with van der Waals surface area (Å²) in [6.45, 7) is 11.6. The molecular weight excluding hydrogens is 310 g/mol. The predicted molar refractivity (Wildman–Crippen MR) is 102 cm³/mol. The molecule has 0 bridgehead atoms.